The molecule has 33 heavy (non-hydrogen) atoms. The van der Waals surface area contributed by atoms with Crippen LogP contribution < -0.4 is 10.2 Å². The van der Waals surface area contributed by atoms with Crippen LogP contribution in [0.1, 0.15) is 36.8 Å². The molecular weight excluding hydrogens is 422 g/mol. The molecule has 3 aromatic heterocycles. The summed E-state index contributed by atoms with van der Waals surface area (Å²) in [6.07, 6.45) is 4.53. The zero-order chi connectivity index (χ0) is 23.8. The van der Waals surface area contributed by atoms with Crippen LogP contribution in [0.15, 0.2) is 71.9 Å². The van der Waals surface area contributed by atoms with E-state index in [0.717, 1.165) is 10.3 Å². The number of esters is 1. The lowest BCUT2D eigenvalue weighted by Gasteiger charge is -2.14. The van der Waals surface area contributed by atoms with E-state index in [-0.39, 0.29) is 12.2 Å². The number of hydrogen-bond donors (Lipinski definition) is 2. The van der Waals surface area contributed by atoms with Gasteiger partial charge in [-0.25, -0.2) is 9.78 Å². The minimum Gasteiger partial charge on any atom is -0.462 e. The zero-order valence-electron chi connectivity index (χ0n) is 18.5. The second kappa shape index (κ2) is 8.48. The lowest BCUT2D eigenvalue weighted by molar-refractivity contribution is -0.912. The SMILES string of the molecule is CCOC(=O)c1cn(-c2cccc(-c3ccc(C(C)(C)O)[n+](O)c3)c2)c2ncccc2c1=O. The summed E-state index contributed by atoms with van der Waals surface area (Å²) in [4.78, 5) is 29.6. The maximum Gasteiger partial charge on any atom is 0.343 e. The minimum atomic E-state index is -1.21. The number of fused-ring (bicyclic) bond motifs is 1. The smallest absolute Gasteiger partial charge is 0.343 e. The first kappa shape index (κ1) is 22.2. The van der Waals surface area contributed by atoms with Crippen molar-refractivity contribution >= 4 is 17.0 Å². The normalized spacial score (nSPS) is 11.5. The van der Waals surface area contributed by atoms with Gasteiger partial charge in [-0.1, -0.05) is 12.1 Å². The third kappa shape index (κ3) is 4.20. The van der Waals surface area contributed by atoms with Crippen molar-refractivity contribution in [2.75, 3.05) is 6.61 Å². The fourth-order valence-corrected chi connectivity index (χ4v) is 3.69. The third-order valence-electron chi connectivity index (χ3n) is 5.27. The van der Waals surface area contributed by atoms with Crippen LogP contribution in [0.4, 0.5) is 0 Å². The number of pyridine rings is 3. The summed E-state index contributed by atoms with van der Waals surface area (Å²) in [6, 6.07) is 14.1. The van der Waals surface area contributed by atoms with Crippen molar-refractivity contribution in [3.8, 4) is 16.8 Å². The third-order valence-corrected chi connectivity index (χ3v) is 5.27. The molecular formula is C25H24N3O5+. The number of aromatic nitrogens is 3. The molecule has 0 saturated carbocycles. The first-order valence-corrected chi connectivity index (χ1v) is 10.5. The topological polar surface area (TPSA) is 106 Å². The fourth-order valence-electron chi connectivity index (χ4n) is 3.69. The molecule has 0 saturated heterocycles. The highest BCUT2D eigenvalue weighted by atomic mass is 16.5. The molecule has 0 aliphatic rings. The Hall–Kier alpha value is -4.04. The summed E-state index contributed by atoms with van der Waals surface area (Å²) < 4.78 is 7.64. The Kier molecular flexibility index (Phi) is 5.69. The van der Waals surface area contributed by atoms with Gasteiger partial charge in [-0.15, -0.1) is 0 Å². The van der Waals surface area contributed by atoms with Gasteiger partial charge >= 0.3 is 5.97 Å². The van der Waals surface area contributed by atoms with Crippen LogP contribution in [-0.4, -0.2) is 32.4 Å². The second-order valence-electron chi connectivity index (χ2n) is 8.09. The van der Waals surface area contributed by atoms with Crippen molar-refractivity contribution in [2.45, 2.75) is 26.4 Å². The molecule has 3 heterocycles. The minimum absolute atomic E-state index is 0.0783. The molecule has 0 aliphatic heterocycles. The standard InChI is InChI=1S/C25H24N3O5/c1-4-33-24(30)20-15-27(23-19(22(20)29)9-6-12-26-23)18-8-5-7-16(13-18)17-10-11-21(25(2,3)31)28(32)14-17/h5-15,31-32H,4H2,1-3H3/q+1. The van der Waals surface area contributed by atoms with E-state index < -0.39 is 17.0 Å². The number of carbonyl (C=O) groups is 1. The van der Waals surface area contributed by atoms with Crippen LogP contribution in [0.5, 0.6) is 0 Å². The predicted octanol–water partition coefficient (Wildman–Crippen LogP) is 2.98. The molecule has 8 heteroatoms. The second-order valence-corrected chi connectivity index (χ2v) is 8.09. The van der Waals surface area contributed by atoms with Crippen molar-refractivity contribution < 1.29 is 24.6 Å². The monoisotopic (exact) mass is 446 g/mol. The van der Waals surface area contributed by atoms with Crippen molar-refractivity contribution in [3.05, 3.63) is 88.6 Å². The largest absolute Gasteiger partial charge is 0.462 e. The molecule has 0 bridgehead atoms. The number of aliphatic hydroxyl groups is 1. The average molecular weight is 446 g/mol. The van der Waals surface area contributed by atoms with Gasteiger partial charge in [0.1, 0.15) is 16.8 Å². The van der Waals surface area contributed by atoms with Gasteiger partial charge in [-0.3, -0.25) is 10.0 Å². The molecule has 0 radical (unpaired) electrons. The Morgan fingerprint density at radius 2 is 1.94 bits per heavy atom. The molecule has 2 N–H and O–H groups in total. The van der Waals surface area contributed by atoms with Crippen LogP contribution in [-0.2, 0) is 10.3 Å². The number of rotatable bonds is 5. The van der Waals surface area contributed by atoms with E-state index >= 15 is 0 Å². The Morgan fingerprint density at radius 3 is 2.64 bits per heavy atom. The molecule has 168 valence electrons. The number of nitrogens with zero attached hydrogens (tertiary/aromatic N) is 3. The van der Waals surface area contributed by atoms with E-state index in [0.29, 0.717) is 28.0 Å². The summed E-state index contributed by atoms with van der Waals surface area (Å²) in [5.41, 5.74) is 1.17. The Labute approximate surface area is 189 Å². The highest BCUT2D eigenvalue weighted by molar-refractivity contribution is 5.93. The van der Waals surface area contributed by atoms with Crippen LogP contribution in [0.3, 0.4) is 0 Å². The van der Waals surface area contributed by atoms with Crippen molar-refractivity contribution in [1.29, 1.82) is 0 Å². The van der Waals surface area contributed by atoms with E-state index in [2.05, 4.69) is 4.98 Å². The van der Waals surface area contributed by atoms with Crippen LogP contribution in [0, 0.1) is 0 Å². The van der Waals surface area contributed by atoms with Gasteiger partial charge in [0.05, 0.1) is 17.6 Å². The molecule has 0 atom stereocenters. The maximum absolute atomic E-state index is 12.9. The van der Waals surface area contributed by atoms with Gasteiger partial charge in [-0.2, -0.15) is 0 Å². The zero-order valence-corrected chi connectivity index (χ0v) is 18.5. The molecule has 4 aromatic rings. The molecule has 4 rings (SSSR count). The number of hydrogen-bond acceptors (Lipinski definition) is 6. The van der Waals surface area contributed by atoms with Crippen LogP contribution >= 0.6 is 0 Å². The summed E-state index contributed by atoms with van der Waals surface area (Å²) in [5, 5.41) is 20.9. The summed E-state index contributed by atoms with van der Waals surface area (Å²) in [5.74, 6) is -0.693. The van der Waals surface area contributed by atoms with E-state index in [1.807, 2.05) is 24.3 Å². The predicted molar refractivity (Wildman–Crippen MR) is 121 cm³/mol. The van der Waals surface area contributed by atoms with E-state index in [1.54, 1.807) is 55.8 Å². The van der Waals surface area contributed by atoms with E-state index in [1.165, 1.54) is 12.4 Å². The highest BCUT2D eigenvalue weighted by Gasteiger charge is 2.28. The number of benzene rings is 1. The van der Waals surface area contributed by atoms with Crippen molar-refractivity contribution in [2.24, 2.45) is 0 Å². The molecule has 0 spiro atoms. The lowest BCUT2D eigenvalue weighted by atomic mass is 10.0. The first-order chi connectivity index (χ1) is 15.7. The number of ether oxygens (including phenoxy) is 1. The quantitative estimate of drug-likeness (QED) is 0.277. The fraction of sp³-hybridized carbons (Fsp3) is 0.200. The molecule has 0 unspecified atom stereocenters. The molecule has 1 aromatic carbocycles. The van der Waals surface area contributed by atoms with Crippen LogP contribution in [0.2, 0.25) is 0 Å². The van der Waals surface area contributed by atoms with Gasteiger partial charge in [0.15, 0.2) is 0 Å². The summed E-state index contributed by atoms with van der Waals surface area (Å²) in [6.45, 7) is 5.01. The molecule has 0 fully saturated rings. The Morgan fingerprint density at radius 1 is 1.15 bits per heavy atom. The van der Waals surface area contributed by atoms with Crippen molar-refractivity contribution in [3.63, 3.8) is 0 Å². The Bertz CT molecular complexity index is 1420. The van der Waals surface area contributed by atoms with Gasteiger partial charge < -0.3 is 14.4 Å². The van der Waals surface area contributed by atoms with E-state index in [9.17, 15) is 19.9 Å². The van der Waals surface area contributed by atoms with Crippen molar-refractivity contribution in [1.82, 2.24) is 9.55 Å². The number of carbonyl (C=O) groups excluding carboxylic acids is 1. The lowest BCUT2D eigenvalue weighted by Crippen LogP contribution is -2.41. The summed E-state index contributed by atoms with van der Waals surface area (Å²) >= 11 is 0. The molecule has 0 aliphatic carbocycles. The first-order valence-electron chi connectivity index (χ1n) is 10.5. The molecule has 8 nitrogen and oxygen atoms in total. The van der Waals surface area contributed by atoms with Gasteiger partial charge in [0.2, 0.25) is 11.6 Å². The van der Waals surface area contributed by atoms with Gasteiger partial charge in [0, 0.05) is 28.9 Å². The van der Waals surface area contributed by atoms with Crippen LogP contribution in [0.25, 0.3) is 27.8 Å². The molecule has 0 amide bonds. The van der Waals surface area contributed by atoms with Gasteiger partial charge in [0.25, 0.3) is 5.69 Å². The van der Waals surface area contributed by atoms with Gasteiger partial charge in [-0.05, 0) is 56.7 Å². The highest BCUT2D eigenvalue weighted by Crippen LogP contribution is 2.25. The Balaban J connectivity index is 1.88. The maximum atomic E-state index is 12.9. The average Bonchev–Trinajstić information content (AvgIpc) is 2.79. The van der Waals surface area contributed by atoms with E-state index in [4.69, 9.17) is 4.74 Å². The summed E-state index contributed by atoms with van der Waals surface area (Å²) in [7, 11) is 0.